The van der Waals surface area contributed by atoms with Crippen molar-refractivity contribution in [2.45, 2.75) is 6.92 Å². The lowest BCUT2D eigenvalue weighted by molar-refractivity contribution is 0.0600. The zero-order valence-electron chi connectivity index (χ0n) is 12.7. The number of ether oxygens (including phenoxy) is 2. The third-order valence-corrected chi connectivity index (χ3v) is 3.77. The number of aryl methyl sites for hydroxylation is 1. The molecule has 0 spiro atoms. The Balaban J connectivity index is 2.15. The maximum atomic E-state index is 13.6. The predicted octanol–water partition coefficient (Wildman–Crippen LogP) is 3.88. The minimum Gasteiger partial charge on any atom is -0.489 e. The van der Waals surface area contributed by atoms with Crippen molar-refractivity contribution in [1.82, 2.24) is 0 Å². The van der Waals surface area contributed by atoms with E-state index in [1.165, 1.54) is 7.11 Å². The molecule has 0 radical (unpaired) electrons. The van der Waals surface area contributed by atoms with Gasteiger partial charge < -0.3 is 9.47 Å². The number of benzene rings is 2. The number of carbonyl (C=O) groups excluding carboxylic acids is 1. The average molecular weight is 316 g/mol. The number of hydrogen-bond donors (Lipinski definition) is 0. The van der Waals surface area contributed by atoms with Gasteiger partial charge in [0.25, 0.3) is 0 Å². The van der Waals surface area contributed by atoms with E-state index >= 15 is 0 Å². The van der Waals surface area contributed by atoms with Crippen LogP contribution in [0.4, 0.5) is 8.78 Å². The van der Waals surface area contributed by atoms with Gasteiger partial charge in [-0.1, -0.05) is 0 Å². The van der Waals surface area contributed by atoms with Gasteiger partial charge in [0, 0.05) is 5.56 Å². The first-order chi connectivity index (χ1) is 11.0. The van der Waals surface area contributed by atoms with E-state index in [1.807, 2.05) is 0 Å². The molecule has 0 bridgehead atoms. The Hall–Kier alpha value is -2.69. The zero-order valence-corrected chi connectivity index (χ0v) is 12.7. The largest absolute Gasteiger partial charge is 0.489 e. The average Bonchev–Trinajstić information content (AvgIpc) is 2.56. The van der Waals surface area contributed by atoms with Gasteiger partial charge in [-0.3, -0.25) is 0 Å². The van der Waals surface area contributed by atoms with E-state index in [0.29, 0.717) is 40.2 Å². The van der Waals surface area contributed by atoms with Crippen LogP contribution >= 0.6 is 0 Å². The van der Waals surface area contributed by atoms with Crippen LogP contribution in [-0.4, -0.2) is 19.7 Å². The van der Waals surface area contributed by atoms with Crippen molar-refractivity contribution in [3.05, 3.63) is 70.3 Å². The molecule has 0 saturated heterocycles. The summed E-state index contributed by atoms with van der Waals surface area (Å²) in [6.07, 6.45) is 1.78. The molecule has 0 aliphatic carbocycles. The summed E-state index contributed by atoms with van der Waals surface area (Å²) in [5, 5.41) is 0. The second-order valence-electron chi connectivity index (χ2n) is 5.21. The Morgan fingerprint density at radius 3 is 2.61 bits per heavy atom. The van der Waals surface area contributed by atoms with Gasteiger partial charge in [-0.2, -0.15) is 0 Å². The van der Waals surface area contributed by atoms with Crippen LogP contribution in [0, 0.1) is 18.6 Å². The second-order valence-corrected chi connectivity index (χ2v) is 5.21. The van der Waals surface area contributed by atoms with Crippen LogP contribution in [0.15, 0.2) is 36.4 Å². The van der Waals surface area contributed by atoms with Crippen LogP contribution < -0.4 is 4.74 Å². The number of hydrogen-bond acceptors (Lipinski definition) is 3. The van der Waals surface area contributed by atoms with Gasteiger partial charge in [-0.05, 0) is 60.0 Å². The van der Waals surface area contributed by atoms with Crippen LogP contribution in [0.2, 0.25) is 0 Å². The van der Waals surface area contributed by atoms with E-state index in [1.54, 1.807) is 31.2 Å². The first-order valence-electron chi connectivity index (χ1n) is 7.03. The second kappa shape index (κ2) is 5.83. The third-order valence-electron chi connectivity index (χ3n) is 3.77. The predicted molar refractivity (Wildman–Crippen MR) is 81.5 cm³/mol. The Labute approximate surface area is 132 Å². The highest BCUT2D eigenvalue weighted by Crippen LogP contribution is 2.36. The maximum absolute atomic E-state index is 13.6. The molecule has 118 valence electrons. The van der Waals surface area contributed by atoms with Crippen LogP contribution in [0.25, 0.3) is 5.57 Å². The first-order valence-corrected chi connectivity index (χ1v) is 7.03. The molecule has 5 heteroatoms. The summed E-state index contributed by atoms with van der Waals surface area (Å²) in [7, 11) is 1.30. The molecule has 3 rings (SSSR count). The summed E-state index contributed by atoms with van der Waals surface area (Å²) in [4.78, 5) is 11.7. The van der Waals surface area contributed by atoms with Crippen molar-refractivity contribution in [2.75, 3.05) is 13.7 Å². The molecule has 3 nitrogen and oxygen atoms in total. The van der Waals surface area contributed by atoms with Crippen molar-refractivity contribution in [2.24, 2.45) is 0 Å². The Bertz CT molecular complexity index is 825. The monoisotopic (exact) mass is 316 g/mol. The number of halogens is 2. The molecule has 0 N–H and O–H groups in total. The number of rotatable bonds is 2. The van der Waals surface area contributed by atoms with Gasteiger partial charge in [0.05, 0.1) is 12.7 Å². The standard InChI is InChI=1S/C18H14F2O3/c1-10-7-15(19)16(20)9-13(10)12-5-6-23-17-4-3-11(8-14(12)17)18(21)22-2/h3-5,7-9H,6H2,1-2H3. The molecular formula is C18H14F2O3. The summed E-state index contributed by atoms with van der Waals surface area (Å²) < 4.78 is 37.3. The minimum atomic E-state index is -0.913. The maximum Gasteiger partial charge on any atom is 0.337 e. The smallest absolute Gasteiger partial charge is 0.337 e. The normalized spacial score (nSPS) is 13.0. The lowest BCUT2D eigenvalue weighted by Gasteiger charge is -2.21. The van der Waals surface area contributed by atoms with Crippen molar-refractivity contribution >= 4 is 11.5 Å². The SMILES string of the molecule is COC(=O)c1ccc2c(c1)C(c1cc(F)c(F)cc1C)=CCO2. The van der Waals surface area contributed by atoms with E-state index in [-0.39, 0.29) is 0 Å². The molecule has 0 aromatic heterocycles. The fourth-order valence-electron chi connectivity index (χ4n) is 2.63. The van der Waals surface area contributed by atoms with Crippen molar-refractivity contribution in [3.8, 4) is 5.75 Å². The van der Waals surface area contributed by atoms with Gasteiger partial charge in [-0.25, -0.2) is 13.6 Å². The molecule has 1 heterocycles. The van der Waals surface area contributed by atoms with E-state index in [4.69, 9.17) is 9.47 Å². The highest BCUT2D eigenvalue weighted by molar-refractivity contribution is 5.93. The van der Waals surface area contributed by atoms with Gasteiger partial charge in [0.1, 0.15) is 12.4 Å². The molecular weight excluding hydrogens is 302 g/mol. The summed E-state index contributed by atoms with van der Waals surface area (Å²) in [6, 6.07) is 7.23. The number of carbonyl (C=O) groups is 1. The van der Waals surface area contributed by atoms with E-state index in [0.717, 1.165) is 12.1 Å². The molecule has 0 fully saturated rings. The lowest BCUT2D eigenvalue weighted by atomic mass is 9.91. The summed E-state index contributed by atoms with van der Waals surface area (Å²) >= 11 is 0. The van der Waals surface area contributed by atoms with Crippen LogP contribution in [0.3, 0.4) is 0 Å². The van der Waals surface area contributed by atoms with Crippen molar-refractivity contribution < 1.29 is 23.0 Å². The highest BCUT2D eigenvalue weighted by atomic mass is 19.2. The minimum absolute atomic E-state index is 0.318. The molecule has 0 saturated carbocycles. The molecule has 0 atom stereocenters. The summed E-state index contributed by atoms with van der Waals surface area (Å²) in [5.74, 6) is -1.69. The van der Waals surface area contributed by atoms with Gasteiger partial charge in [0.15, 0.2) is 11.6 Å². The molecule has 1 aliphatic heterocycles. The Morgan fingerprint density at radius 1 is 1.13 bits per heavy atom. The molecule has 23 heavy (non-hydrogen) atoms. The van der Waals surface area contributed by atoms with E-state index < -0.39 is 17.6 Å². The topological polar surface area (TPSA) is 35.5 Å². The Kier molecular flexibility index (Phi) is 3.86. The molecule has 0 amide bonds. The number of fused-ring (bicyclic) bond motifs is 1. The summed E-state index contributed by atoms with van der Waals surface area (Å²) in [6.45, 7) is 2.02. The fraction of sp³-hybridized carbons (Fsp3) is 0.167. The number of esters is 1. The third kappa shape index (κ3) is 2.70. The quantitative estimate of drug-likeness (QED) is 0.789. The first kappa shape index (κ1) is 15.2. The van der Waals surface area contributed by atoms with Gasteiger partial charge in [-0.15, -0.1) is 0 Å². The van der Waals surface area contributed by atoms with Crippen LogP contribution in [0.1, 0.15) is 27.0 Å². The van der Waals surface area contributed by atoms with Crippen molar-refractivity contribution in [1.29, 1.82) is 0 Å². The highest BCUT2D eigenvalue weighted by Gasteiger charge is 2.20. The van der Waals surface area contributed by atoms with E-state index in [9.17, 15) is 13.6 Å². The zero-order chi connectivity index (χ0) is 16.6. The summed E-state index contributed by atoms with van der Waals surface area (Å²) in [5.41, 5.74) is 2.88. The van der Waals surface area contributed by atoms with Crippen molar-refractivity contribution in [3.63, 3.8) is 0 Å². The molecule has 2 aromatic rings. The van der Waals surface area contributed by atoms with Gasteiger partial charge >= 0.3 is 5.97 Å². The number of methoxy groups -OCH3 is 1. The van der Waals surface area contributed by atoms with Crippen LogP contribution in [-0.2, 0) is 4.74 Å². The molecule has 0 unspecified atom stereocenters. The van der Waals surface area contributed by atoms with Crippen LogP contribution in [0.5, 0.6) is 5.75 Å². The molecule has 1 aliphatic rings. The lowest BCUT2D eigenvalue weighted by Crippen LogP contribution is -2.09. The van der Waals surface area contributed by atoms with E-state index in [2.05, 4.69) is 0 Å². The Morgan fingerprint density at radius 2 is 1.87 bits per heavy atom. The fourth-order valence-corrected chi connectivity index (χ4v) is 2.63. The molecule has 2 aromatic carbocycles. The van der Waals surface area contributed by atoms with Gasteiger partial charge in [0.2, 0.25) is 0 Å².